The molecule has 4 aromatic carbocycles. The number of fused-ring (bicyclic) bond motifs is 2. The van der Waals surface area contributed by atoms with Crippen molar-refractivity contribution in [1.82, 2.24) is 9.55 Å². The standard InChI is InChI=1S/C31H25N5O6S/c1-17-12-23(14-24-28(17)34-16-25(30(33)37)29(24)35-19-4-3-5-21(13-19)41-2)43(39,40)22-10-11-27-26(15-22)36(31(38)42-27)20-8-6-18(32)7-9-20/h3-16H,32H2,1-2H3,(H2,33,37)(H,34,35). The zero-order valence-electron chi connectivity index (χ0n) is 23.0. The number of hydrogen-bond donors (Lipinski definition) is 3. The van der Waals surface area contributed by atoms with Gasteiger partial charge in [-0.05, 0) is 79.2 Å². The Balaban J connectivity index is 1.53. The number of carbonyl (C=O) groups excluding carboxylic acids is 1. The maximum atomic E-state index is 14.1. The fourth-order valence-corrected chi connectivity index (χ4v) is 6.33. The van der Waals surface area contributed by atoms with Crippen molar-refractivity contribution >= 4 is 54.8 Å². The highest BCUT2D eigenvalue weighted by Gasteiger charge is 2.24. The van der Waals surface area contributed by atoms with Gasteiger partial charge in [0.1, 0.15) is 5.75 Å². The number of anilines is 3. The van der Waals surface area contributed by atoms with E-state index in [0.29, 0.717) is 45.0 Å². The van der Waals surface area contributed by atoms with Gasteiger partial charge in [-0.15, -0.1) is 0 Å². The third-order valence-electron chi connectivity index (χ3n) is 7.06. The summed E-state index contributed by atoms with van der Waals surface area (Å²) >= 11 is 0. The first-order valence-electron chi connectivity index (χ1n) is 13.0. The molecule has 5 N–H and O–H groups in total. The third-order valence-corrected chi connectivity index (χ3v) is 8.79. The first-order chi connectivity index (χ1) is 20.6. The second kappa shape index (κ2) is 10.3. The molecule has 0 fully saturated rings. The molecule has 0 unspecified atom stereocenters. The van der Waals surface area contributed by atoms with Crippen molar-refractivity contribution in [2.24, 2.45) is 5.73 Å². The molecule has 2 aromatic heterocycles. The number of benzene rings is 4. The molecular formula is C31H25N5O6S. The minimum atomic E-state index is -4.14. The van der Waals surface area contributed by atoms with E-state index in [2.05, 4.69) is 10.3 Å². The number of hydrogen-bond acceptors (Lipinski definition) is 9. The van der Waals surface area contributed by atoms with Crippen LogP contribution in [0.15, 0.2) is 104 Å². The molecule has 0 aliphatic heterocycles. The van der Waals surface area contributed by atoms with Gasteiger partial charge in [-0.1, -0.05) is 6.07 Å². The van der Waals surface area contributed by atoms with Gasteiger partial charge in [0.15, 0.2) is 5.58 Å². The highest BCUT2D eigenvalue weighted by atomic mass is 32.2. The Morgan fingerprint density at radius 2 is 1.77 bits per heavy atom. The van der Waals surface area contributed by atoms with Crippen molar-refractivity contribution in [3.63, 3.8) is 0 Å². The monoisotopic (exact) mass is 595 g/mol. The number of amides is 1. The lowest BCUT2D eigenvalue weighted by Gasteiger charge is -2.16. The van der Waals surface area contributed by atoms with Gasteiger partial charge in [-0.25, -0.2) is 17.8 Å². The number of nitrogens with two attached hydrogens (primary N) is 2. The number of nitrogens with zero attached hydrogens (tertiary/aromatic N) is 2. The number of nitrogen functional groups attached to an aromatic ring is 1. The SMILES string of the molecule is COc1cccc(Nc2c(C(N)=O)cnc3c(C)cc(S(=O)(=O)c4ccc5oc(=O)n(-c6ccc(N)cc6)c5c4)cc23)c1. The smallest absolute Gasteiger partial charge is 0.424 e. The first-order valence-corrected chi connectivity index (χ1v) is 14.5. The number of pyridine rings is 1. The Bertz CT molecular complexity index is 2240. The summed E-state index contributed by atoms with van der Waals surface area (Å²) < 4.78 is 40.1. The van der Waals surface area contributed by atoms with Crippen LogP contribution in [-0.4, -0.2) is 31.0 Å². The van der Waals surface area contributed by atoms with Crippen LogP contribution in [0.25, 0.3) is 27.7 Å². The second-order valence-electron chi connectivity index (χ2n) is 9.83. The third kappa shape index (κ3) is 4.83. The fraction of sp³-hybridized carbons (Fsp3) is 0.0645. The quantitative estimate of drug-likeness (QED) is 0.221. The molecule has 216 valence electrons. The van der Waals surface area contributed by atoms with E-state index in [1.54, 1.807) is 55.5 Å². The highest BCUT2D eigenvalue weighted by molar-refractivity contribution is 7.91. The molecular weight excluding hydrogens is 570 g/mol. The number of aryl methyl sites for hydroxylation is 1. The number of sulfone groups is 1. The van der Waals surface area contributed by atoms with Crippen LogP contribution in [0.4, 0.5) is 17.1 Å². The van der Waals surface area contributed by atoms with Crippen molar-refractivity contribution in [1.29, 1.82) is 0 Å². The Kier molecular flexibility index (Phi) is 6.62. The van der Waals surface area contributed by atoms with E-state index in [0.717, 1.165) is 0 Å². The number of ether oxygens (including phenoxy) is 1. The Labute approximate surface area is 245 Å². The molecule has 0 aliphatic rings. The number of carbonyl (C=O) groups is 1. The molecule has 1 amide bonds. The van der Waals surface area contributed by atoms with E-state index in [1.165, 1.54) is 48.2 Å². The molecule has 0 spiro atoms. The maximum absolute atomic E-state index is 14.1. The number of methoxy groups -OCH3 is 1. The van der Waals surface area contributed by atoms with Gasteiger partial charge in [0.05, 0.1) is 44.9 Å². The molecule has 0 saturated heterocycles. The predicted molar refractivity (Wildman–Crippen MR) is 163 cm³/mol. The lowest BCUT2D eigenvalue weighted by atomic mass is 10.1. The van der Waals surface area contributed by atoms with Crippen molar-refractivity contribution in [2.45, 2.75) is 16.7 Å². The second-order valence-corrected chi connectivity index (χ2v) is 11.8. The minimum absolute atomic E-state index is 0.0427. The van der Waals surface area contributed by atoms with Crippen LogP contribution in [0.3, 0.4) is 0 Å². The lowest BCUT2D eigenvalue weighted by molar-refractivity contribution is 0.100. The molecule has 2 heterocycles. The van der Waals surface area contributed by atoms with E-state index in [4.69, 9.17) is 20.6 Å². The molecule has 0 saturated carbocycles. The molecule has 6 rings (SSSR count). The number of nitrogens with one attached hydrogen (secondary N) is 1. The predicted octanol–water partition coefficient (Wildman–Crippen LogP) is 4.71. The summed E-state index contributed by atoms with van der Waals surface area (Å²) in [7, 11) is -2.61. The van der Waals surface area contributed by atoms with Crippen molar-refractivity contribution < 1.29 is 22.4 Å². The largest absolute Gasteiger partial charge is 0.497 e. The number of primary amides is 1. The van der Waals surface area contributed by atoms with Crippen molar-refractivity contribution in [3.05, 3.63) is 107 Å². The van der Waals surface area contributed by atoms with E-state index in [9.17, 15) is 18.0 Å². The van der Waals surface area contributed by atoms with E-state index >= 15 is 0 Å². The van der Waals surface area contributed by atoms with Gasteiger partial charge in [0.25, 0.3) is 5.91 Å². The molecule has 0 radical (unpaired) electrons. The highest BCUT2D eigenvalue weighted by Crippen LogP contribution is 2.35. The van der Waals surface area contributed by atoms with Crippen LogP contribution in [-0.2, 0) is 9.84 Å². The molecule has 12 heteroatoms. The fourth-order valence-electron chi connectivity index (χ4n) is 4.94. The Morgan fingerprint density at radius 1 is 1.00 bits per heavy atom. The van der Waals surface area contributed by atoms with Gasteiger partial charge < -0.3 is 25.9 Å². The molecule has 0 atom stereocenters. The van der Waals surface area contributed by atoms with E-state index in [1.807, 2.05) is 0 Å². The molecule has 11 nitrogen and oxygen atoms in total. The Morgan fingerprint density at radius 3 is 2.49 bits per heavy atom. The van der Waals surface area contributed by atoms with Crippen LogP contribution in [0.1, 0.15) is 15.9 Å². The summed E-state index contributed by atoms with van der Waals surface area (Å²) in [5.41, 5.74) is 15.0. The number of oxazole rings is 1. The Hall–Kier alpha value is -5.62. The molecule has 0 aliphatic carbocycles. The summed E-state index contributed by atoms with van der Waals surface area (Å²) in [5, 5.41) is 3.57. The lowest BCUT2D eigenvalue weighted by Crippen LogP contribution is -2.14. The normalized spacial score (nSPS) is 11.6. The summed E-state index contributed by atoms with van der Waals surface area (Å²) in [6, 6.07) is 20.7. The summed E-state index contributed by atoms with van der Waals surface area (Å²) in [5.74, 6) is -0.832. The van der Waals surface area contributed by atoms with Crippen LogP contribution in [0.2, 0.25) is 0 Å². The zero-order valence-corrected chi connectivity index (χ0v) is 23.8. The average molecular weight is 596 g/mol. The minimum Gasteiger partial charge on any atom is -0.497 e. The summed E-state index contributed by atoms with van der Waals surface area (Å²) in [4.78, 5) is 29.4. The van der Waals surface area contributed by atoms with E-state index in [-0.39, 0.29) is 26.5 Å². The van der Waals surface area contributed by atoms with Gasteiger partial charge >= 0.3 is 5.76 Å². The van der Waals surface area contributed by atoms with Crippen LogP contribution in [0.5, 0.6) is 5.75 Å². The maximum Gasteiger partial charge on any atom is 0.424 e. The molecule has 43 heavy (non-hydrogen) atoms. The average Bonchev–Trinajstić information content (AvgIpc) is 3.32. The zero-order chi connectivity index (χ0) is 30.5. The van der Waals surface area contributed by atoms with Crippen LogP contribution in [0, 0.1) is 6.92 Å². The van der Waals surface area contributed by atoms with E-state index < -0.39 is 21.5 Å². The topological polar surface area (TPSA) is 173 Å². The van der Waals surface area contributed by atoms with Gasteiger partial charge in [0.2, 0.25) is 9.84 Å². The van der Waals surface area contributed by atoms with Gasteiger partial charge in [-0.3, -0.25) is 9.78 Å². The number of aromatic nitrogens is 2. The van der Waals surface area contributed by atoms with Gasteiger partial charge in [0, 0.05) is 29.0 Å². The van der Waals surface area contributed by atoms with Crippen LogP contribution < -0.4 is 27.3 Å². The molecule has 0 bridgehead atoms. The summed E-state index contributed by atoms with van der Waals surface area (Å²) in [6.07, 6.45) is 1.36. The van der Waals surface area contributed by atoms with Crippen molar-refractivity contribution in [3.8, 4) is 11.4 Å². The molecule has 6 aromatic rings. The number of rotatable bonds is 7. The van der Waals surface area contributed by atoms with Crippen molar-refractivity contribution in [2.75, 3.05) is 18.2 Å². The van der Waals surface area contributed by atoms with Gasteiger partial charge in [-0.2, -0.15) is 0 Å². The first kappa shape index (κ1) is 27.5. The summed E-state index contributed by atoms with van der Waals surface area (Å²) in [6.45, 7) is 1.73. The van der Waals surface area contributed by atoms with Crippen LogP contribution >= 0.6 is 0 Å².